The first-order chi connectivity index (χ1) is 11.9. The number of rotatable bonds is 5. The average molecular weight is 356 g/mol. The van der Waals surface area contributed by atoms with Gasteiger partial charge in [0.05, 0.1) is 12.2 Å². The van der Waals surface area contributed by atoms with Crippen molar-refractivity contribution in [1.82, 2.24) is 10.1 Å². The van der Waals surface area contributed by atoms with Gasteiger partial charge in [-0.2, -0.15) is 0 Å². The number of likely N-dealkylation sites (tertiary alicyclic amines) is 1. The number of alkyl halides is 3. The zero-order valence-electron chi connectivity index (χ0n) is 13.8. The summed E-state index contributed by atoms with van der Waals surface area (Å²) in [6.45, 7) is 4.33. The smallest absolute Gasteiger partial charge is 0.490 e. The maximum Gasteiger partial charge on any atom is 0.573 e. The molecule has 25 heavy (non-hydrogen) atoms. The first-order valence-corrected chi connectivity index (χ1v) is 8.04. The van der Waals surface area contributed by atoms with E-state index in [0.717, 1.165) is 43.9 Å². The minimum absolute atomic E-state index is 0.0436. The van der Waals surface area contributed by atoms with Crippen LogP contribution in [0.15, 0.2) is 34.9 Å². The van der Waals surface area contributed by atoms with Gasteiger partial charge in [0.1, 0.15) is 17.6 Å². The fourth-order valence-electron chi connectivity index (χ4n) is 2.81. The van der Waals surface area contributed by atoms with Gasteiger partial charge in [-0.1, -0.05) is 5.16 Å². The Morgan fingerprint density at radius 1 is 1.16 bits per heavy atom. The predicted molar refractivity (Wildman–Crippen MR) is 83.3 cm³/mol. The quantitative estimate of drug-likeness (QED) is 0.813. The van der Waals surface area contributed by atoms with E-state index in [2.05, 4.69) is 14.8 Å². The van der Waals surface area contributed by atoms with Gasteiger partial charge >= 0.3 is 6.36 Å². The lowest BCUT2D eigenvalue weighted by Gasteiger charge is -2.31. The molecule has 2 heterocycles. The molecule has 1 aliphatic heterocycles. The first-order valence-electron chi connectivity index (χ1n) is 8.04. The van der Waals surface area contributed by atoms with Gasteiger partial charge in [0.15, 0.2) is 5.76 Å². The largest absolute Gasteiger partial charge is 0.573 e. The topological polar surface area (TPSA) is 47.7 Å². The monoisotopic (exact) mass is 356 g/mol. The van der Waals surface area contributed by atoms with Crippen molar-refractivity contribution < 1.29 is 27.2 Å². The van der Waals surface area contributed by atoms with Crippen LogP contribution in [0.5, 0.6) is 11.5 Å². The van der Waals surface area contributed by atoms with Crippen molar-refractivity contribution in [3.63, 3.8) is 0 Å². The summed E-state index contributed by atoms with van der Waals surface area (Å²) in [4.78, 5) is 2.26. The van der Waals surface area contributed by atoms with Gasteiger partial charge in [0, 0.05) is 19.2 Å². The van der Waals surface area contributed by atoms with Gasteiger partial charge in [0.2, 0.25) is 0 Å². The number of aromatic nitrogens is 1. The molecule has 2 aromatic rings. The molecule has 5 nitrogen and oxygen atoms in total. The summed E-state index contributed by atoms with van der Waals surface area (Å²) in [6.07, 6.45) is -2.96. The number of halogens is 3. The maximum absolute atomic E-state index is 12.1. The van der Waals surface area contributed by atoms with E-state index in [0.29, 0.717) is 5.75 Å². The van der Waals surface area contributed by atoms with Gasteiger partial charge in [-0.05, 0) is 44.0 Å². The van der Waals surface area contributed by atoms with Gasteiger partial charge in [-0.15, -0.1) is 13.2 Å². The zero-order chi connectivity index (χ0) is 17.9. The molecule has 0 aliphatic carbocycles. The third kappa shape index (κ3) is 5.38. The molecular weight excluding hydrogens is 337 g/mol. The lowest BCUT2D eigenvalue weighted by molar-refractivity contribution is -0.274. The summed E-state index contributed by atoms with van der Waals surface area (Å²) in [7, 11) is 0. The molecule has 3 rings (SSSR count). The number of piperidine rings is 1. The number of nitrogens with zero attached hydrogens (tertiary/aromatic N) is 2. The summed E-state index contributed by atoms with van der Waals surface area (Å²) < 4.78 is 51.3. The van der Waals surface area contributed by atoms with Crippen molar-refractivity contribution >= 4 is 0 Å². The van der Waals surface area contributed by atoms with Crippen LogP contribution < -0.4 is 9.47 Å². The van der Waals surface area contributed by atoms with Crippen LogP contribution in [0.25, 0.3) is 0 Å². The molecule has 0 N–H and O–H groups in total. The third-order valence-electron chi connectivity index (χ3n) is 3.95. The standard InChI is InChI=1S/C17H19F3N2O3/c1-12-10-16(25-21-12)11-22-8-6-14(7-9-22)23-13-2-4-15(5-3-13)24-17(18,19)20/h2-5,10,14H,6-9,11H2,1H3. The molecule has 0 spiro atoms. The van der Waals surface area contributed by atoms with Crippen molar-refractivity contribution in [2.45, 2.75) is 38.8 Å². The van der Waals surface area contributed by atoms with E-state index in [4.69, 9.17) is 9.26 Å². The molecular formula is C17H19F3N2O3. The average Bonchev–Trinajstić information content (AvgIpc) is 2.95. The summed E-state index contributed by atoms with van der Waals surface area (Å²) >= 11 is 0. The van der Waals surface area contributed by atoms with Gasteiger partial charge < -0.3 is 14.0 Å². The Balaban J connectivity index is 1.45. The van der Waals surface area contributed by atoms with Crippen molar-refractivity contribution in [2.75, 3.05) is 13.1 Å². The molecule has 0 bridgehead atoms. The molecule has 136 valence electrons. The highest BCUT2D eigenvalue weighted by Crippen LogP contribution is 2.26. The van der Waals surface area contributed by atoms with Crippen molar-refractivity contribution in [3.05, 3.63) is 41.8 Å². The van der Waals surface area contributed by atoms with E-state index in [9.17, 15) is 13.2 Å². The molecule has 1 aromatic carbocycles. The van der Waals surface area contributed by atoms with Crippen LogP contribution in [-0.2, 0) is 6.54 Å². The van der Waals surface area contributed by atoms with E-state index in [1.165, 1.54) is 24.3 Å². The van der Waals surface area contributed by atoms with E-state index in [1.807, 2.05) is 13.0 Å². The van der Waals surface area contributed by atoms with Crippen molar-refractivity contribution in [1.29, 1.82) is 0 Å². The molecule has 1 aliphatic rings. The lowest BCUT2D eigenvalue weighted by atomic mass is 10.1. The zero-order valence-corrected chi connectivity index (χ0v) is 13.8. The normalized spacial score (nSPS) is 16.8. The van der Waals surface area contributed by atoms with Crippen LogP contribution in [0.1, 0.15) is 24.3 Å². The van der Waals surface area contributed by atoms with Crippen LogP contribution in [0.3, 0.4) is 0 Å². The highest BCUT2D eigenvalue weighted by Gasteiger charge is 2.31. The fourth-order valence-corrected chi connectivity index (χ4v) is 2.81. The maximum atomic E-state index is 12.1. The predicted octanol–water partition coefficient (Wildman–Crippen LogP) is 3.93. The highest BCUT2D eigenvalue weighted by molar-refractivity contribution is 5.31. The second-order valence-corrected chi connectivity index (χ2v) is 6.05. The molecule has 0 amide bonds. The van der Waals surface area contributed by atoms with Crippen LogP contribution >= 0.6 is 0 Å². The van der Waals surface area contributed by atoms with Gasteiger partial charge in [-0.3, -0.25) is 4.90 Å². The number of hydrogen-bond donors (Lipinski definition) is 0. The molecule has 8 heteroatoms. The SMILES string of the molecule is Cc1cc(CN2CCC(Oc3ccc(OC(F)(F)F)cc3)CC2)on1. The molecule has 1 fully saturated rings. The second-order valence-electron chi connectivity index (χ2n) is 6.05. The number of benzene rings is 1. The van der Waals surface area contributed by atoms with Crippen LogP contribution in [0, 0.1) is 6.92 Å². The Hall–Kier alpha value is -2.22. The molecule has 1 saturated heterocycles. The fraction of sp³-hybridized carbons (Fsp3) is 0.471. The molecule has 0 atom stereocenters. The van der Waals surface area contributed by atoms with Crippen molar-refractivity contribution in [3.8, 4) is 11.5 Å². The van der Waals surface area contributed by atoms with E-state index in [1.54, 1.807) is 0 Å². The van der Waals surface area contributed by atoms with Crippen LogP contribution in [-0.4, -0.2) is 35.6 Å². The summed E-state index contributed by atoms with van der Waals surface area (Å²) in [5.41, 5.74) is 0.867. The molecule has 0 saturated carbocycles. The summed E-state index contributed by atoms with van der Waals surface area (Å²) in [5, 5.41) is 3.88. The Kier molecular flexibility index (Phi) is 5.17. The molecule has 0 radical (unpaired) electrons. The lowest BCUT2D eigenvalue weighted by Crippen LogP contribution is -2.37. The van der Waals surface area contributed by atoms with E-state index >= 15 is 0 Å². The summed E-state index contributed by atoms with van der Waals surface area (Å²) in [6, 6.07) is 7.41. The number of ether oxygens (including phenoxy) is 2. The van der Waals surface area contributed by atoms with E-state index < -0.39 is 6.36 Å². The molecule has 0 unspecified atom stereocenters. The Labute approximate surface area is 143 Å². The minimum Gasteiger partial charge on any atom is -0.490 e. The second kappa shape index (κ2) is 7.35. The first kappa shape index (κ1) is 17.6. The Morgan fingerprint density at radius 2 is 1.80 bits per heavy atom. The van der Waals surface area contributed by atoms with Crippen LogP contribution in [0.2, 0.25) is 0 Å². The minimum atomic E-state index is -4.68. The Morgan fingerprint density at radius 3 is 2.36 bits per heavy atom. The molecule has 1 aromatic heterocycles. The summed E-state index contributed by atoms with van der Waals surface area (Å²) in [5.74, 6) is 1.13. The Bertz CT molecular complexity index is 677. The van der Waals surface area contributed by atoms with E-state index in [-0.39, 0.29) is 11.9 Å². The highest BCUT2D eigenvalue weighted by atomic mass is 19.4. The van der Waals surface area contributed by atoms with Gasteiger partial charge in [0.25, 0.3) is 0 Å². The number of hydrogen-bond acceptors (Lipinski definition) is 5. The number of aryl methyl sites for hydroxylation is 1. The van der Waals surface area contributed by atoms with Gasteiger partial charge in [-0.25, -0.2) is 0 Å². The van der Waals surface area contributed by atoms with Crippen molar-refractivity contribution in [2.24, 2.45) is 0 Å². The van der Waals surface area contributed by atoms with Crippen LogP contribution in [0.4, 0.5) is 13.2 Å². The third-order valence-corrected chi connectivity index (χ3v) is 3.95.